The van der Waals surface area contributed by atoms with Crippen LogP contribution in [-0.2, 0) is 20.4 Å². The lowest BCUT2D eigenvalue weighted by molar-refractivity contribution is -0.132. The molecule has 0 aliphatic heterocycles. The normalized spacial score (nSPS) is 12.7. The third kappa shape index (κ3) is 8.93. The van der Waals surface area contributed by atoms with Gasteiger partial charge in [0.25, 0.3) is 0 Å². The number of allylic oxidation sites excluding steroid dienone is 4. The molecular formula is C45H55NO7. The quantitative estimate of drug-likeness (QED) is 0.0654. The fourth-order valence-electron chi connectivity index (χ4n) is 7.62. The molecule has 8 nitrogen and oxygen atoms in total. The molecule has 4 aromatic rings. The van der Waals surface area contributed by atoms with E-state index in [9.17, 15) is 14.4 Å². The number of esters is 2. The molecule has 0 aromatic heterocycles. The molecule has 4 aromatic carbocycles. The van der Waals surface area contributed by atoms with Crippen molar-refractivity contribution in [1.29, 1.82) is 0 Å². The summed E-state index contributed by atoms with van der Waals surface area (Å²) in [5, 5.41) is 2.44. The predicted molar refractivity (Wildman–Crippen MR) is 213 cm³/mol. The smallest absolute Gasteiger partial charge is 0.426 e. The van der Waals surface area contributed by atoms with Crippen molar-refractivity contribution in [2.75, 3.05) is 14.1 Å². The summed E-state index contributed by atoms with van der Waals surface area (Å²) >= 11 is 0. The van der Waals surface area contributed by atoms with Crippen molar-refractivity contribution < 1.29 is 33.3 Å². The van der Waals surface area contributed by atoms with E-state index in [-0.39, 0.29) is 0 Å². The topological polar surface area (TPSA) is 91.4 Å². The Morgan fingerprint density at radius 3 is 1.40 bits per heavy atom. The highest BCUT2D eigenvalue weighted by molar-refractivity contribution is 6.01. The molecule has 0 amide bonds. The first kappa shape index (κ1) is 40.7. The van der Waals surface area contributed by atoms with E-state index < -0.39 is 28.9 Å². The van der Waals surface area contributed by atoms with E-state index >= 15 is 0 Å². The van der Waals surface area contributed by atoms with E-state index in [2.05, 4.69) is 46.8 Å². The summed E-state index contributed by atoms with van der Waals surface area (Å²) in [6.45, 7) is 23.1. The minimum absolute atomic E-state index is 0.298. The van der Waals surface area contributed by atoms with Crippen LogP contribution in [0, 0.1) is 19.8 Å². The zero-order valence-corrected chi connectivity index (χ0v) is 33.9. The number of ether oxygens (including phenoxy) is 4. The van der Waals surface area contributed by atoms with Gasteiger partial charge in [-0.05, 0) is 40.0 Å². The third-order valence-corrected chi connectivity index (χ3v) is 9.48. The number of benzene rings is 4. The predicted octanol–water partition coefficient (Wildman–Crippen LogP) is 11.1. The molecule has 0 spiro atoms. The molecule has 0 atom stereocenters. The fraction of sp³-hybridized carbons (Fsp3) is 0.400. The Labute approximate surface area is 314 Å². The molecule has 0 heterocycles. The van der Waals surface area contributed by atoms with Gasteiger partial charge in [-0.2, -0.15) is 0 Å². The average molecular weight is 722 g/mol. The molecule has 0 saturated carbocycles. The molecule has 0 bridgehead atoms. The standard InChI is InChI=1S/C45H55NO7/c1-26(2)23-27(3)24-44(9,10)38-29(5)39(50-31(7)47)33-19-15-18-22-36(33)42(38)53-43(49)52-40-30(6)37(45(11,12)25-28(4)46(13)14)41(51-32(8)48)35-21-17-16-20-34(35)40/h15-22,24-26H,23H2,1-14H3/b27-24+,28-25+. The van der Waals surface area contributed by atoms with Crippen LogP contribution in [0.1, 0.15) is 97.9 Å². The molecule has 8 heteroatoms. The second-order valence-corrected chi connectivity index (χ2v) is 15.8. The second kappa shape index (κ2) is 15.9. The first-order valence-electron chi connectivity index (χ1n) is 18.1. The van der Waals surface area contributed by atoms with Crippen LogP contribution in [0.3, 0.4) is 0 Å². The van der Waals surface area contributed by atoms with Crippen LogP contribution in [0.15, 0.2) is 72.0 Å². The molecule has 0 unspecified atom stereocenters. The summed E-state index contributed by atoms with van der Waals surface area (Å²) in [5.74, 6) is 0.991. The van der Waals surface area contributed by atoms with E-state index in [1.165, 1.54) is 19.4 Å². The van der Waals surface area contributed by atoms with E-state index in [1.54, 1.807) is 0 Å². The van der Waals surface area contributed by atoms with Crippen LogP contribution in [0.5, 0.6) is 23.0 Å². The maximum atomic E-state index is 14.3. The van der Waals surface area contributed by atoms with Gasteiger partial charge >= 0.3 is 18.1 Å². The molecule has 0 N–H and O–H groups in total. The Kier molecular flexibility index (Phi) is 12.2. The highest BCUT2D eigenvalue weighted by Crippen LogP contribution is 2.49. The van der Waals surface area contributed by atoms with Crippen molar-refractivity contribution >= 4 is 39.6 Å². The lowest BCUT2D eigenvalue weighted by Gasteiger charge is -2.31. The van der Waals surface area contributed by atoms with Gasteiger partial charge in [-0.15, -0.1) is 0 Å². The first-order valence-corrected chi connectivity index (χ1v) is 18.1. The highest BCUT2D eigenvalue weighted by Gasteiger charge is 2.34. The van der Waals surface area contributed by atoms with Gasteiger partial charge in [0.2, 0.25) is 0 Å². The van der Waals surface area contributed by atoms with Gasteiger partial charge in [0.15, 0.2) is 0 Å². The van der Waals surface area contributed by atoms with E-state index in [4.69, 9.17) is 18.9 Å². The fourth-order valence-corrected chi connectivity index (χ4v) is 7.62. The molecule has 0 aliphatic carbocycles. The minimum Gasteiger partial charge on any atom is -0.426 e. The summed E-state index contributed by atoms with van der Waals surface area (Å²) in [7, 11) is 3.93. The molecule has 0 radical (unpaired) electrons. The Balaban J connectivity index is 1.99. The Morgan fingerprint density at radius 1 is 0.623 bits per heavy atom. The summed E-state index contributed by atoms with van der Waals surface area (Å²) in [5.41, 5.74) is 3.59. The molecule has 4 rings (SSSR count). The van der Waals surface area contributed by atoms with E-state index in [0.717, 1.165) is 12.1 Å². The monoisotopic (exact) mass is 721 g/mol. The SMILES string of the molecule is CC(=O)Oc1c(C)c(C(C)(C)/C=C(\C)CC(C)C)c(OC(=O)Oc2c(C)c(C(C)(C)/C=C(\C)N(C)C)c(OC(C)=O)c3ccccc23)c2ccccc12. The largest absolute Gasteiger partial charge is 0.519 e. The molecule has 0 aliphatic rings. The van der Waals surface area contributed by atoms with E-state index in [0.29, 0.717) is 72.7 Å². The minimum atomic E-state index is -0.938. The Hall–Kier alpha value is -5.11. The summed E-state index contributed by atoms with van der Waals surface area (Å²) < 4.78 is 24.4. The molecule has 0 saturated heterocycles. The summed E-state index contributed by atoms with van der Waals surface area (Å²) in [4.78, 5) is 41.2. The number of carbonyl (C=O) groups is 3. The van der Waals surface area contributed by atoms with Crippen molar-refractivity contribution in [3.63, 3.8) is 0 Å². The van der Waals surface area contributed by atoms with Gasteiger partial charge in [0.05, 0.1) is 0 Å². The average Bonchev–Trinajstić information content (AvgIpc) is 3.03. The number of carbonyl (C=O) groups excluding carboxylic acids is 3. The second-order valence-electron chi connectivity index (χ2n) is 15.8. The Morgan fingerprint density at radius 2 is 0.981 bits per heavy atom. The van der Waals surface area contributed by atoms with Crippen LogP contribution in [0.4, 0.5) is 4.79 Å². The van der Waals surface area contributed by atoms with Gasteiger partial charge in [0, 0.05) is 88.3 Å². The van der Waals surface area contributed by atoms with Gasteiger partial charge < -0.3 is 23.8 Å². The van der Waals surface area contributed by atoms with Gasteiger partial charge in [-0.25, -0.2) is 4.79 Å². The first-order chi connectivity index (χ1) is 24.7. The molecule has 282 valence electrons. The number of nitrogens with zero attached hydrogens (tertiary/aromatic N) is 1. The van der Waals surface area contributed by atoms with Gasteiger partial charge in [-0.3, -0.25) is 9.59 Å². The van der Waals surface area contributed by atoms with Crippen LogP contribution in [0.2, 0.25) is 0 Å². The number of rotatable bonds is 11. The van der Waals surface area contributed by atoms with Gasteiger partial charge in [-0.1, -0.05) is 108 Å². The lowest BCUT2D eigenvalue weighted by atomic mass is 9.77. The maximum absolute atomic E-state index is 14.3. The molecule has 0 fully saturated rings. The van der Waals surface area contributed by atoms with Crippen molar-refractivity contribution in [3.05, 3.63) is 94.2 Å². The third-order valence-electron chi connectivity index (χ3n) is 9.48. The maximum Gasteiger partial charge on any atom is 0.519 e. The van der Waals surface area contributed by atoms with Gasteiger partial charge in [0.1, 0.15) is 23.0 Å². The van der Waals surface area contributed by atoms with Crippen LogP contribution in [-0.4, -0.2) is 37.1 Å². The van der Waals surface area contributed by atoms with E-state index in [1.807, 2.05) is 102 Å². The highest BCUT2D eigenvalue weighted by atomic mass is 16.7. The summed E-state index contributed by atoms with van der Waals surface area (Å²) in [6.07, 6.45) is 4.24. The van der Waals surface area contributed by atoms with Crippen molar-refractivity contribution in [2.45, 2.75) is 100 Å². The number of hydrogen-bond acceptors (Lipinski definition) is 8. The Bertz CT molecular complexity index is 2130. The number of fused-ring (bicyclic) bond motifs is 2. The summed E-state index contributed by atoms with van der Waals surface area (Å²) in [6, 6.07) is 14.8. The van der Waals surface area contributed by atoms with Crippen LogP contribution >= 0.6 is 0 Å². The lowest BCUT2D eigenvalue weighted by Crippen LogP contribution is -2.24. The molecular weight excluding hydrogens is 666 g/mol. The molecule has 53 heavy (non-hydrogen) atoms. The van der Waals surface area contributed by atoms with Crippen molar-refractivity contribution in [3.8, 4) is 23.0 Å². The zero-order valence-electron chi connectivity index (χ0n) is 33.9. The number of hydrogen-bond donors (Lipinski definition) is 0. The van der Waals surface area contributed by atoms with Crippen molar-refractivity contribution in [1.82, 2.24) is 4.90 Å². The zero-order chi connectivity index (χ0) is 39.6. The van der Waals surface area contributed by atoms with Crippen LogP contribution in [0.25, 0.3) is 21.5 Å². The van der Waals surface area contributed by atoms with Crippen LogP contribution < -0.4 is 18.9 Å². The van der Waals surface area contributed by atoms with Crippen molar-refractivity contribution in [2.24, 2.45) is 5.92 Å².